The summed E-state index contributed by atoms with van der Waals surface area (Å²) in [7, 11) is 1.57. The molecule has 0 saturated carbocycles. The van der Waals surface area contributed by atoms with Crippen LogP contribution in [0.1, 0.15) is 40.4 Å². The second kappa shape index (κ2) is 8.66. The first-order valence-electron chi connectivity index (χ1n) is 11.1. The summed E-state index contributed by atoms with van der Waals surface area (Å²) in [5.74, 6) is -1.62. The number of fused-ring (bicyclic) bond motifs is 3. The molecule has 0 unspecified atom stereocenters. The van der Waals surface area contributed by atoms with E-state index in [9.17, 15) is 19.5 Å². The van der Waals surface area contributed by atoms with E-state index >= 15 is 0 Å². The number of likely N-dealkylation sites (tertiary alicyclic amines) is 1. The summed E-state index contributed by atoms with van der Waals surface area (Å²) >= 11 is 0. The van der Waals surface area contributed by atoms with Gasteiger partial charge in [-0.2, -0.15) is 5.10 Å². The van der Waals surface area contributed by atoms with E-state index in [1.807, 2.05) is 36.4 Å². The van der Waals surface area contributed by atoms with Gasteiger partial charge in [0.1, 0.15) is 18.3 Å². The van der Waals surface area contributed by atoms with E-state index in [0.717, 1.165) is 22.3 Å². The number of hydrogen-bond acceptors (Lipinski definition) is 5. The van der Waals surface area contributed by atoms with Gasteiger partial charge in [0.2, 0.25) is 0 Å². The number of amides is 2. The number of carboxylic acids is 1. The fourth-order valence-corrected chi connectivity index (χ4v) is 4.93. The molecule has 2 amide bonds. The Bertz CT molecular complexity index is 1240. The Labute approximate surface area is 195 Å². The number of nitrogens with zero attached hydrogens (tertiary/aromatic N) is 3. The third kappa shape index (κ3) is 3.68. The number of anilines is 1. The highest BCUT2D eigenvalue weighted by molar-refractivity contribution is 6.02. The van der Waals surface area contributed by atoms with Crippen molar-refractivity contribution >= 4 is 23.7 Å². The number of carboxylic acid groups (broad SMARTS) is 1. The standard InChI is InChI=1S/C25H24N4O5/c1-28-22(23(30)29-12-6-11-21(29)24(31)32)20(13-26-28)27-25(33)34-14-19-17-9-4-2-7-15(17)16-8-3-5-10-18(16)19/h2-5,7-10,13,19,21H,6,11-12,14H2,1H3,(H,27,33)(H,31,32)/t21-/m1/s1. The zero-order valence-electron chi connectivity index (χ0n) is 18.6. The molecule has 1 aliphatic carbocycles. The Balaban J connectivity index is 1.30. The molecule has 3 aromatic rings. The van der Waals surface area contributed by atoms with E-state index in [2.05, 4.69) is 22.5 Å². The van der Waals surface area contributed by atoms with Crippen molar-refractivity contribution < 1.29 is 24.2 Å². The minimum absolute atomic E-state index is 0.0888. The monoisotopic (exact) mass is 460 g/mol. The lowest BCUT2D eigenvalue weighted by atomic mass is 9.98. The maximum Gasteiger partial charge on any atom is 0.411 e. The van der Waals surface area contributed by atoms with Crippen molar-refractivity contribution in [3.63, 3.8) is 0 Å². The van der Waals surface area contributed by atoms with Crippen molar-refractivity contribution in [3.8, 4) is 11.1 Å². The molecule has 2 aromatic carbocycles. The third-order valence-electron chi connectivity index (χ3n) is 6.52. The van der Waals surface area contributed by atoms with Crippen LogP contribution in [0.25, 0.3) is 11.1 Å². The average molecular weight is 460 g/mol. The van der Waals surface area contributed by atoms with Crippen LogP contribution in [0, 0.1) is 0 Å². The molecule has 2 N–H and O–H groups in total. The van der Waals surface area contributed by atoms with E-state index < -0.39 is 24.0 Å². The molecule has 9 heteroatoms. The van der Waals surface area contributed by atoms with E-state index in [1.165, 1.54) is 15.8 Å². The topological polar surface area (TPSA) is 114 Å². The van der Waals surface area contributed by atoms with Gasteiger partial charge in [-0.25, -0.2) is 9.59 Å². The van der Waals surface area contributed by atoms with E-state index in [0.29, 0.717) is 19.4 Å². The Morgan fingerprint density at radius 1 is 1.09 bits per heavy atom. The molecule has 5 rings (SSSR count). The van der Waals surface area contributed by atoms with Crippen molar-refractivity contribution in [1.82, 2.24) is 14.7 Å². The number of benzene rings is 2. The summed E-state index contributed by atoms with van der Waals surface area (Å²) in [6.45, 7) is 0.474. The lowest BCUT2D eigenvalue weighted by molar-refractivity contribution is -0.141. The summed E-state index contributed by atoms with van der Waals surface area (Å²) in [6, 6.07) is 15.2. The van der Waals surface area contributed by atoms with Crippen molar-refractivity contribution in [1.29, 1.82) is 0 Å². The van der Waals surface area contributed by atoms with Gasteiger partial charge < -0.3 is 14.7 Å². The fourth-order valence-electron chi connectivity index (χ4n) is 4.93. The van der Waals surface area contributed by atoms with Gasteiger partial charge in [0, 0.05) is 19.5 Å². The molecule has 1 atom stereocenters. The normalized spacial score (nSPS) is 16.7. The molecule has 1 saturated heterocycles. The summed E-state index contributed by atoms with van der Waals surface area (Å²) < 4.78 is 6.90. The van der Waals surface area contributed by atoms with Crippen LogP contribution in [0.5, 0.6) is 0 Å². The first-order valence-corrected chi connectivity index (χ1v) is 11.1. The highest BCUT2D eigenvalue weighted by atomic mass is 16.5. The summed E-state index contributed by atoms with van der Waals surface area (Å²) in [4.78, 5) is 38.6. The molecule has 1 aliphatic heterocycles. The average Bonchev–Trinajstić information content (AvgIpc) is 3.54. The van der Waals surface area contributed by atoms with Crippen LogP contribution in [-0.2, 0) is 16.6 Å². The van der Waals surface area contributed by atoms with Crippen LogP contribution in [0.3, 0.4) is 0 Å². The van der Waals surface area contributed by atoms with E-state index in [4.69, 9.17) is 4.74 Å². The van der Waals surface area contributed by atoms with Gasteiger partial charge in [-0.3, -0.25) is 14.8 Å². The number of carbonyl (C=O) groups excluding carboxylic acids is 2. The lowest BCUT2D eigenvalue weighted by Crippen LogP contribution is -2.41. The molecule has 0 radical (unpaired) electrons. The Morgan fingerprint density at radius 2 is 1.74 bits per heavy atom. The molecular formula is C25H24N4O5. The Kier molecular flexibility index (Phi) is 5.53. The Morgan fingerprint density at radius 3 is 2.38 bits per heavy atom. The van der Waals surface area contributed by atoms with Gasteiger partial charge in [0.05, 0.1) is 11.9 Å². The van der Waals surface area contributed by atoms with Crippen LogP contribution in [-0.4, -0.2) is 57.0 Å². The van der Waals surface area contributed by atoms with Crippen LogP contribution >= 0.6 is 0 Å². The van der Waals surface area contributed by atoms with Crippen molar-refractivity contribution in [2.45, 2.75) is 24.8 Å². The number of rotatable bonds is 5. The van der Waals surface area contributed by atoms with Crippen LogP contribution < -0.4 is 5.32 Å². The highest BCUT2D eigenvalue weighted by Gasteiger charge is 2.37. The SMILES string of the molecule is Cn1ncc(NC(=O)OCC2c3ccccc3-c3ccccc32)c1C(=O)N1CCC[C@@H]1C(=O)O. The van der Waals surface area contributed by atoms with Gasteiger partial charge in [-0.1, -0.05) is 48.5 Å². The molecule has 2 heterocycles. The first-order chi connectivity index (χ1) is 16.5. The van der Waals surface area contributed by atoms with Crippen LogP contribution in [0.15, 0.2) is 54.7 Å². The van der Waals surface area contributed by atoms with Crippen molar-refractivity contribution in [2.75, 3.05) is 18.5 Å². The van der Waals surface area contributed by atoms with Gasteiger partial charge in [-0.15, -0.1) is 0 Å². The molecule has 0 bridgehead atoms. The molecule has 2 aliphatic rings. The molecule has 1 fully saturated rings. The first kappa shape index (κ1) is 21.7. The minimum Gasteiger partial charge on any atom is -0.480 e. The number of ether oxygens (including phenoxy) is 1. The smallest absolute Gasteiger partial charge is 0.411 e. The molecule has 0 spiro atoms. The van der Waals surface area contributed by atoms with Gasteiger partial charge in [0.25, 0.3) is 5.91 Å². The molecule has 9 nitrogen and oxygen atoms in total. The number of nitrogens with one attached hydrogen (secondary N) is 1. The van der Waals surface area contributed by atoms with Crippen LogP contribution in [0.2, 0.25) is 0 Å². The van der Waals surface area contributed by atoms with Crippen molar-refractivity contribution in [2.24, 2.45) is 7.05 Å². The number of hydrogen-bond donors (Lipinski definition) is 2. The summed E-state index contributed by atoms with van der Waals surface area (Å²) in [5.41, 5.74) is 4.75. The van der Waals surface area contributed by atoms with E-state index in [1.54, 1.807) is 7.05 Å². The summed E-state index contributed by atoms with van der Waals surface area (Å²) in [6.07, 6.45) is 1.66. The largest absolute Gasteiger partial charge is 0.480 e. The van der Waals surface area contributed by atoms with Gasteiger partial charge in [0.15, 0.2) is 0 Å². The minimum atomic E-state index is -1.04. The predicted octanol–water partition coefficient (Wildman–Crippen LogP) is 3.47. The number of aliphatic carboxylic acids is 1. The molecule has 174 valence electrons. The predicted molar refractivity (Wildman–Crippen MR) is 124 cm³/mol. The maximum atomic E-state index is 13.1. The van der Waals surface area contributed by atoms with Crippen LogP contribution in [0.4, 0.5) is 10.5 Å². The number of carbonyl (C=O) groups is 3. The maximum absolute atomic E-state index is 13.1. The quantitative estimate of drug-likeness (QED) is 0.603. The zero-order valence-corrected chi connectivity index (χ0v) is 18.6. The second-order valence-corrected chi connectivity index (χ2v) is 8.48. The van der Waals surface area contributed by atoms with Gasteiger partial charge >= 0.3 is 12.1 Å². The van der Waals surface area contributed by atoms with Crippen molar-refractivity contribution in [3.05, 3.63) is 71.5 Å². The second-order valence-electron chi connectivity index (χ2n) is 8.48. The Hall–Kier alpha value is -4.14. The fraction of sp³-hybridized carbons (Fsp3) is 0.280. The third-order valence-corrected chi connectivity index (χ3v) is 6.52. The molecule has 34 heavy (non-hydrogen) atoms. The number of aryl methyl sites for hydroxylation is 1. The lowest BCUT2D eigenvalue weighted by Gasteiger charge is -2.22. The van der Waals surface area contributed by atoms with Gasteiger partial charge in [-0.05, 0) is 35.1 Å². The zero-order chi connectivity index (χ0) is 23.8. The molecular weight excluding hydrogens is 436 g/mol. The summed E-state index contributed by atoms with van der Waals surface area (Å²) in [5, 5.41) is 16.1. The van der Waals surface area contributed by atoms with E-state index in [-0.39, 0.29) is 23.9 Å². The molecule has 1 aromatic heterocycles. The highest BCUT2D eigenvalue weighted by Crippen LogP contribution is 2.44. The number of aromatic nitrogens is 2.